The van der Waals surface area contributed by atoms with Crippen molar-refractivity contribution < 1.29 is 4.74 Å². The largest absolute Gasteiger partial charge is 0.379 e. The van der Waals surface area contributed by atoms with E-state index in [0.717, 1.165) is 63.0 Å². The quantitative estimate of drug-likeness (QED) is 0.852. The summed E-state index contributed by atoms with van der Waals surface area (Å²) in [6.45, 7) is 12.4. The second-order valence-corrected chi connectivity index (χ2v) is 7.93. The fraction of sp³-hybridized carbons (Fsp3) is 0.647. The predicted molar refractivity (Wildman–Crippen MR) is 96.5 cm³/mol. The zero-order valence-electron chi connectivity index (χ0n) is 14.3. The summed E-state index contributed by atoms with van der Waals surface area (Å²) in [5.41, 5.74) is 2.20. The highest BCUT2D eigenvalue weighted by Crippen LogP contribution is 2.31. The molecule has 0 atom stereocenters. The summed E-state index contributed by atoms with van der Waals surface area (Å²) in [5.74, 6) is 0.753. The maximum Gasteiger partial charge on any atom is 0.223 e. The van der Waals surface area contributed by atoms with Crippen LogP contribution in [-0.4, -0.2) is 54.3 Å². The first-order valence-electron chi connectivity index (χ1n) is 8.34. The van der Waals surface area contributed by atoms with Crippen molar-refractivity contribution in [2.24, 2.45) is 0 Å². The minimum absolute atomic E-state index is 0.0241. The molecule has 0 amide bonds. The molecule has 1 aliphatic rings. The summed E-state index contributed by atoms with van der Waals surface area (Å²) in [5, 5.41) is 5.50. The average Bonchev–Trinajstić information content (AvgIpc) is 2.99. The van der Waals surface area contributed by atoms with Crippen LogP contribution in [0.15, 0.2) is 11.4 Å². The van der Waals surface area contributed by atoms with Crippen molar-refractivity contribution >= 4 is 27.5 Å². The molecule has 2 aromatic heterocycles. The normalized spacial score (nSPS) is 16.8. The standard InChI is InChI=1S/C17H26N4OS/c1-17(2,3)15-14-13(5-12-23-14)19-16(20-15)18-6-4-7-21-8-10-22-11-9-21/h5,12H,4,6-11H2,1-3H3,(H,18,19,20). The van der Waals surface area contributed by atoms with Crippen LogP contribution < -0.4 is 5.32 Å². The van der Waals surface area contributed by atoms with Gasteiger partial charge in [-0.15, -0.1) is 11.3 Å². The van der Waals surface area contributed by atoms with Crippen molar-refractivity contribution in [3.8, 4) is 0 Å². The Balaban J connectivity index is 1.61. The van der Waals surface area contributed by atoms with E-state index in [-0.39, 0.29) is 5.41 Å². The Kier molecular flexibility index (Phi) is 5.14. The monoisotopic (exact) mass is 334 g/mol. The van der Waals surface area contributed by atoms with Gasteiger partial charge in [0.1, 0.15) is 0 Å². The molecule has 1 aliphatic heterocycles. The first-order chi connectivity index (χ1) is 11.0. The molecule has 0 saturated carbocycles. The molecule has 3 heterocycles. The molecule has 6 heteroatoms. The number of ether oxygens (including phenoxy) is 1. The maximum absolute atomic E-state index is 5.38. The zero-order valence-corrected chi connectivity index (χ0v) is 15.1. The highest BCUT2D eigenvalue weighted by atomic mass is 32.1. The van der Waals surface area contributed by atoms with Gasteiger partial charge in [-0.1, -0.05) is 20.8 Å². The van der Waals surface area contributed by atoms with Gasteiger partial charge >= 0.3 is 0 Å². The number of aromatic nitrogens is 2. The fourth-order valence-electron chi connectivity index (χ4n) is 2.78. The number of hydrogen-bond donors (Lipinski definition) is 1. The lowest BCUT2D eigenvalue weighted by Gasteiger charge is -2.26. The van der Waals surface area contributed by atoms with Crippen LogP contribution in [0.5, 0.6) is 0 Å². The van der Waals surface area contributed by atoms with Gasteiger partial charge in [-0.3, -0.25) is 4.90 Å². The molecule has 1 saturated heterocycles. The minimum Gasteiger partial charge on any atom is -0.379 e. The van der Waals surface area contributed by atoms with Gasteiger partial charge in [-0.25, -0.2) is 9.97 Å². The van der Waals surface area contributed by atoms with E-state index >= 15 is 0 Å². The van der Waals surface area contributed by atoms with Crippen LogP contribution in [0.2, 0.25) is 0 Å². The topological polar surface area (TPSA) is 50.3 Å². The molecule has 3 rings (SSSR count). The summed E-state index contributed by atoms with van der Waals surface area (Å²) in [4.78, 5) is 11.9. The summed E-state index contributed by atoms with van der Waals surface area (Å²) < 4.78 is 6.58. The SMILES string of the molecule is CC(C)(C)c1nc(NCCCN2CCOCC2)nc2ccsc12. The molecule has 0 radical (unpaired) electrons. The number of morpholine rings is 1. The predicted octanol–water partition coefficient (Wildman–Crippen LogP) is 3.12. The van der Waals surface area contributed by atoms with E-state index in [2.05, 4.69) is 47.4 Å². The van der Waals surface area contributed by atoms with E-state index in [1.807, 2.05) is 0 Å². The number of thiophene rings is 1. The van der Waals surface area contributed by atoms with Crippen molar-refractivity contribution in [3.05, 3.63) is 17.1 Å². The van der Waals surface area contributed by atoms with E-state index in [0.29, 0.717) is 0 Å². The Morgan fingerprint density at radius 3 is 2.78 bits per heavy atom. The molecule has 2 aromatic rings. The Labute approximate surface area is 142 Å². The van der Waals surface area contributed by atoms with Gasteiger partial charge in [-0.05, 0) is 24.4 Å². The van der Waals surface area contributed by atoms with Gasteiger partial charge in [0.05, 0.1) is 29.1 Å². The number of fused-ring (bicyclic) bond motifs is 1. The molecule has 0 unspecified atom stereocenters. The molecule has 0 aliphatic carbocycles. The summed E-state index contributed by atoms with van der Waals surface area (Å²) >= 11 is 1.73. The molecule has 1 N–H and O–H groups in total. The second kappa shape index (κ2) is 7.11. The first kappa shape index (κ1) is 16.6. The van der Waals surface area contributed by atoms with Crippen molar-refractivity contribution in [2.75, 3.05) is 44.7 Å². The average molecular weight is 334 g/mol. The summed E-state index contributed by atoms with van der Waals surface area (Å²) in [6.07, 6.45) is 1.09. The first-order valence-corrected chi connectivity index (χ1v) is 9.22. The smallest absolute Gasteiger partial charge is 0.223 e. The minimum atomic E-state index is 0.0241. The molecule has 0 spiro atoms. The van der Waals surface area contributed by atoms with Crippen LogP contribution in [0, 0.1) is 0 Å². The number of rotatable bonds is 5. The Morgan fingerprint density at radius 2 is 2.04 bits per heavy atom. The molecule has 0 aromatic carbocycles. The Hall–Kier alpha value is -1.24. The molecule has 5 nitrogen and oxygen atoms in total. The molecule has 0 bridgehead atoms. The van der Waals surface area contributed by atoms with Gasteiger partial charge in [0.15, 0.2) is 0 Å². The van der Waals surface area contributed by atoms with Gasteiger partial charge < -0.3 is 10.1 Å². The highest BCUT2D eigenvalue weighted by molar-refractivity contribution is 7.17. The van der Waals surface area contributed by atoms with Crippen LogP contribution in [0.3, 0.4) is 0 Å². The van der Waals surface area contributed by atoms with Crippen molar-refractivity contribution in [1.82, 2.24) is 14.9 Å². The molecule has 23 heavy (non-hydrogen) atoms. The fourth-order valence-corrected chi connectivity index (χ4v) is 3.81. The van der Waals surface area contributed by atoms with Crippen LogP contribution in [0.25, 0.3) is 10.2 Å². The molecular weight excluding hydrogens is 308 g/mol. The van der Waals surface area contributed by atoms with Crippen molar-refractivity contribution in [1.29, 1.82) is 0 Å². The molecule has 126 valence electrons. The zero-order chi connectivity index (χ0) is 16.3. The van der Waals surface area contributed by atoms with Crippen LogP contribution in [-0.2, 0) is 10.2 Å². The molecule has 1 fully saturated rings. The van der Waals surface area contributed by atoms with E-state index < -0.39 is 0 Å². The van der Waals surface area contributed by atoms with Gasteiger partial charge in [0, 0.05) is 25.0 Å². The number of nitrogens with one attached hydrogen (secondary N) is 1. The third kappa shape index (κ3) is 4.19. The number of anilines is 1. The lowest BCUT2D eigenvalue weighted by molar-refractivity contribution is 0.0378. The summed E-state index contributed by atoms with van der Waals surface area (Å²) in [7, 11) is 0. The van der Waals surface area contributed by atoms with E-state index in [1.165, 1.54) is 4.70 Å². The maximum atomic E-state index is 5.38. The summed E-state index contributed by atoms with van der Waals surface area (Å²) in [6, 6.07) is 2.08. The van der Waals surface area contributed by atoms with E-state index in [4.69, 9.17) is 9.72 Å². The molecular formula is C17H26N4OS. The second-order valence-electron chi connectivity index (χ2n) is 7.02. The van der Waals surface area contributed by atoms with E-state index in [9.17, 15) is 0 Å². The Bertz CT molecular complexity index is 644. The van der Waals surface area contributed by atoms with Gasteiger partial charge in [0.25, 0.3) is 0 Å². The van der Waals surface area contributed by atoms with Crippen LogP contribution in [0.1, 0.15) is 32.9 Å². The van der Waals surface area contributed by atoms with Gasteiger partial charge in [-0.2, -0.15) is 0 Å². The highest BCUT2D eigenvalue weighted by Gasteiger charge is 2.21. The number of hydrogen-bond acceptors (Lipinski definition) is 6. The third-order valence-electron chi connectivity index (χ3n) is 4.05. The van der Waals surface area contributed by atoms with Crippen LogP contribution >= 0.6 is 11.3 Å². The van der Waals surface area contributed by atoms with Crippen molar-refractivity contribution in [2.45, 2.75) is 32.6 Å². The third-order valence-corrected chi connectivity index (χ3v) is 4.96. The lowest BCUT2D eigenvalue weighted by atomic mass is 9.92. The van der Waals surface area contributed by atoms with Crippen LogP contribution in [0.4, 0.5) is 5.95 Å². The number of nitrogens with zero attached hydrogens (tertiary/aromatic N) is 3. The van der Waals surface area contributed by atoms with E-state index in [1.54, 1.807) is 11.3 Å². The van der Waals surface area contributed by atoms with Crippen molar-refractivity contribution in [3.63, 3.8) is 0 Å². The lowest BCUT2D eigenvalue weighted by Crippen LogP contribution is -2.37. The van der Waals surface area contributed by atoms with Gasteiger partial charge in [0.2, 0.25) is 5.95 Å². The Morgan fingerprint density at radius 1 is 1.26 bits per heavy atom.